The van der Waals surface area contributed by atoms with Crippen LogP contribution in [0.2, 0.25) is 0 Å². The fraction of sp³-hybridized carbons (Fsp3) is 1.00. The van der Waals surface area contributed by atoms with Gasteiger partial charge in [-0.3, -0.25) is 4.55 Å². The molecule has 0 saturated heterocycles. The number of halogens is 3. The Morgan fingerprint density at radius 2 is 2.11 bits per heavy atom. The molecule has 1 N–H and O–H groups in total. The summed E-state index contributed by atoms with van der Waals surface area (Å²) in [7, 11) is -4.30. The topological polar surface area (TPSA) is 63.6 Å². The van der Waals surface area contributed by atoms with E-state index in [9.17, 15) is 8.42 Å². The molecule has 4 nitrogen and oxygen atoms in total. The van der Waals surface area contributed by atoms with Gasteiger partial charge in [-0.1, -0.05) is 0 Å². The van der Waals surface area contributed by atoms with Gasteiger partial charge in [0.2, 0.25) is 0 Å². The molecule has 0 radical (unpaired) electrons. The molecule has 0 heterocycles. The van der Waals surface area contributed by atoms with Gasteiger partial charge in [-0.15, -0.1) is 0 Å². The van der Waals surface area contributed by atoms with Crippen molar-refractivity contribution in [2.24, 2.45) is 0 Å². The Morgan fingerprint density at radius 1 is 1.78 bits per heavy atom. The molecule has 1 atom stereocenters. The number of rotatable bonds is 2. The van der Waals surface area contributed by atoms with Gasteiger partial charge in [-0.2, -0.15) is 8.42 Å². The summed E-state index contributed by atoms with van der Waals surface area (Å²) in [6, 6.07) is 0. The second kappa shape index (κ2) is 3.18. The Morgan fingerprint density at radius 3 is 2.11 bits per heavy atom. The van der Waals surface area contributed by atoms with E-state index in [1.54, 1.807) is 0 Å². The first-order valence-corrected chi connectivity index (χ1v) is 5.08. The minimum absolute atomic E-state index is 1.27. The first-order chi connectivity index (χ1) is 3.81. The lowest BCUT2D eigenvalue weighted by Gasteiger charge is -2.10. The molecule has 0 rings (SSSR count). The standard InChI is InChI=1S/CHBrClIO4S/c2-1(4,8-3)9(5,6)7/h(H,5,6,7). The van der Waals surface area contributed by atoms with Gasteiger partial charge in [0.05, 0.1) is 11.9 Å². The molecule has 0 spiro atoms. The maximum atomic E-state index is 10.2. The first-order valence-electron chi connectivity index (χ1n) is 1.46. The van der Waals surface area contributed by atoms with Crippen LogP contribution in [-0.2, 0) is 14.4 Å². The van der Waals surface area contributed by atoms with Gasteiger partial charge >= 0.3 is 12.0 Å². The molecule has 1 unspecified atom stereocenters. The monoisotopic (exact) mass is 350 g/mol. The summed E-state index contributed by atoms with van der Waals surface area (Å²) in [6.07, 6.45) is 0. The first kappa shape index (κ1) is 10.4. The third-order valence-corrected chi connectivity index (χ3v) is 5.12. The van der Waals surface area contributed by atoms with Crippen LogP contribution in [0.3, 0.4) is 0 Å². The van der Waals surface area contributed by atoms with Gasteiger partial charge in [0.15, 0.2) is 0 Å². The zero-order valence-corrected chi connectivity index (χ0v) is 9.03. The van der Waals surface area contributed by atoms with E-state index in [4.69, 9.17) is 4.55 Å². The highest BCUT2D eigenvalue weighted by atomic mass is 127. The number of alkyl halides is 2. The van der Waals surface area contributed by atoms with Crippen molar-refractivity contribution >= 4 is 60.5 Å². The van der Waals surface area contributed by atoms with E-state index < -0.39 is 12.0 Å². The van der Waals surface area contributed by atoms with Crippen LogP contribution in [0.4, 0.5) is 0 Å². The van der Waals surface area contributed by atoms with Crippen molar-refractivity contribution in [1.29, 1.82) is 0 Å². The number of hydrogen-bond donors (Lipinski definition) is 1. The molecule has 0 aromatic heterocycles. The molecular weight excluding hydrogens is 350 g/mol. The predicted octanol–water partition coefficient (Wildman–Crippen LogP) is 1.49. The van der Waals surface area contributed by atoms with Gasteiger partial charge in [-0.25, -0.2) is 4.29 Å². The molecule has 0 aliphatic rings. The average Bonchev–Trinajstić information content (AvgIpc) is 1.64. The van der Waals surface area contributed by atoms with E-state index in [1.807, 2.05) is 0 Å². The molecular formula is CHBrClIO4S. The molecule has 0 bridgehead atoms. The van der Waals surface area contributed by atoms with Crippen molar-refractivity contribution < 1.29 is 17.3 Å². The zero-order valence-electron chi connectivity index (χ0n) is 3.71. The Kier molecular flexibility index (Phi) is 3.66. The van der Waals surface area contributed by atoms with Crippen molar-refractivity contribution in [2.75, 3.05) is 0 Å². The van der Waals surface area contributed by atoms with Crippen molar-refractivity contribution in [1.82, 2.24) is 0 Å². The summed E-state index contributed by atoms with van der Waals surface area (Å²) in [6.45, 7) is 0. The lowest BCUT2D eigenvalue weighted by Crippen LogP contribution is -2.23. The third-order valence-electron chi connectivity index (χ3n) is 0.390. The SMILES string of the molecule is O=S(=O)(O)C(Br)(I)OCl. The molecule has 0 aliphatic heterocycles. The summed E-state index contributed by atoms with van der Waals surface area (Å²) in [5, 5.41) is 0. The maximum absolute atomic E-state index is 10.2. The third kappa shape index (κ3) is 2.85. The van der Waals surface area contributed by atoms with Crippen LogP contribution in [-0.4, -0.2) is 14.8 Å². The van der Waals surface area contributed by atoms with E-state index in [-0.39, 0.29) is 0 Å². The van der Waals surface area contributed by atoms with E-state index in [0.717, 1.165) is 0 Å². The summed E-state index contributed by atoms with van der Waals surface area (Å²) in [4.78, 5) is 0. The van der Waals surface area contributed by atoms with Gasteiger partial charge in [0.25, 0.3) is 0 Å². The summed E-state index contributed by atoms with van der Waals surface area (Å²) in [5.74, 6) is 0. The van der Waals surface area contributed by atoms with Crippen LogP contribution in [0.1, 0.15) is 0 Å². The number of hydrogen-bond acceptors (Lipinski definition) is 3. The predicted molar refractivity (Wildman–Crippen MR) is 44.2 cm³/mol. The molecule has 0 amide bonds. The van der Waals surface area contributed by atoms with Crippen molar-refractivity contribution in [3.05, 3.63) is 0 Å². The Labute approximate surface area is 79.1 Å². The van der Waals surface area contributed by atoms with Crippen molar-refractivity contribution in [3.63, 3.8) is 0 Å². The van der Waals surface area contributed by atoms with E-state index in [1.165, 1.54) is 22.6 Å². The molecule has 56 valence electrons. The highest BCUT2D eigenvalue weighted by Crippen LogP contribution is 2.34. The second-order valence-electron chi connectivity index (χ2n) is 1.02. The van der Waals surface area contributed by atoms with E-state index in [0.29, 0.717) is 0 Å². The molecule has 0 aliphatic carbocycles. The largest absolute Gasteiger partial charge is 0.317 e. The van der Waals surface area contributed by atoms with Crippen LogP contribution in [0, 0.1) is 0 Å². The van der Waals surface area contributed by atoms with Crippen molar-refractivity contribution in [3.8, 4) is 0 Å². The van der Waals surface area contributed by atoms with Crippen LogP contribution < -0.4 is 0 Å². The molecule has 8 heteroatoms. The normalized spacial score (nSPS) is 19.1. The van der Waals surface area contributed by atoms with Gasteiger partial charge in [0.1, 0.15) is 0 Å². The fourth-order valence-electron chi connectivity index (χ4n) is 0.0398. The van der Waals surface area contributed by atoms with Gasteiger partial charge < -0.3 is 0 Å². The summed E-state index contributed by atoms with van der Waals surface area (Å²) in [5.41, 5.74) is 0. The van der Waals surface area contributed by atoms with E-state index >= 15 is 0 Å². The van der Waals surface area contributed by atoms with Crippen molar-refractivity contribution in [2.45, 2.75) is 1.85 Å². The van der Waals surface area contributed by atoms with Crippen LogP contribution >= 0.6 is 50.4 Å². The molecule has 0 aromatic rings. The van der Waals surface area contributed by atoms with E-state index in [2.05, 4.69) is 32.1 Å². The molecule has 0 fully saturated rings. The van der Waals surface area contributed by atoms with Gasteiger partial charge in [-0.05, 0) is 38.5 Å². The minimum atomic E-state index is -4.30. The Balaban J connectivity index is 4.56. The molecule has 9 heavy (non-hydrogen) atoms. The lowest BCUT2D eigenvalue weighted by molar-refractivity contribution is 0.349. The van der Waals surface area contributed by atoms with Crippen LogP contribution in [0.25, 0.3) is 0 Å². The smallest absolute Gasteiger partial charge is 0.282 e. The average molecular weight is 351 g/mol. The Hall–Kier alpha value is 1.37. The van der Waals surface area contributed by atoms with Crippen LogP contribution in [0.15, 0.2) is 0 Å². The molecule has 0 aromatic carbocycles. The summed E-state index contributed by atoms with van der Waals surface area (Å²) < 4.78 is 30.5. The molecule has 0 saturated carbocycles. The highest BCUT2D eigenvalue weighted by Gasteiger charge is 2.38. The second-order valence-corrected chi connectivity index (χ2v) is 8.07. The Bertz CT molecular complexity index is 187. The zero-order chi connectivity index (χ0) is 7.71. The summed E-state index contributed by atoms with van der Waals surface area (Å²) >= 11 is 8.45. The van der Waals surface area contributed by atoms with Gasteiger partial charge in [0, 0.05) is 0 Å². The lowest BCUT2D eigenvalue weighted by atomic mass is 11.7. The fourth-order valence-corrected chi connectivity index (χ4v) is 0.358. The quantitative estimate of drug-likeness (QED) is 0.465. The minimum Gasteiger partial charge on any atom is -0.282 e. The maximum Gasteiger partial charge on any atom is 0.317 e. The highest BCUT2D eigenvalue weighted by molar-refractivity contribution is 14.1. The van der Waals surface area contributed by atoms with Crippen LogP contribution in [0.5, 0.6) is 0 Å².